The average Bonchev–Trinajstić information content (AvgIpc) is 2.72. The van der Waals surface area contributed by atoms with Crippen LogP contribution in [0.2, 0.25) is 0 Å². The second-order valence-corrected chi connectivity index (χ2v) is 6.62. The van der Waals surface area contributed by atoms with Crippen LogP contribution in [0, 0.1) is 5.82 Å². The van der Waals surface area contributed by atoms with Gasteiger partial charge in [-0.25, -0.2) is 9.37 Å². The van der Waals surface area contributed by atoms with Crippen LogP contribution in [0.4, 0.5) is 15.9 Å². The predicted octanol–water partition coefficient (Wildman–Crippen LogP) is 3.47. The third-order valence-corrected chi connectivity index (χ3v) is 4.18. The number of amides is 2. The summed E-state index contributed by atoms with van der Waals surface area (Å²) in [5.41, 5.74) is 2.08. The number of nitrogens with one attached hydrogen (secondary N) is 2. The first-order valence-electron chi connectivity index (χ1n) is 9.00. The number of aromatic nitrogens is 1. The average molecular weight is 392 g/mol. The molecule has 0 unspecified atom stereocenters. The summed E-state index contributed by atoms with van der Waals surface area (Å²) in [6, 6.07) is 16.0. The largest absolute Gasteiger partial charge is 0.362 e. The second kappa shape index (κ2) is 8.97. The maximum Gasteiger partial charge on any atom is 0.255 e. The van der Waals surface area contributed by atoms with Gasteiger partial charge in [-0.3, -0.25) is 9.59 Å². The molecule has 0 radical (unpaired) electrons. The van der Waals surface area contributed by atoms with E-state index in [1.54, 1.807) is 47.5 Å². The van der Waals surface area contributed by atoms with Crippen LogP contribution < -0.4 is 15.5 Å². The molecule has 2 aromatic carbocycles. The molecule has 3 aromatic rings. The van der Waals surface area contributed by atoms with Crippen molar-refractivity contribution in [3.05, 3.63) is 89.4 Å². The molecule has 0 saturated heterocycles. The second-order valence-electron chi connectivity index (χ2n) is 6.62. The molecule has 148 valence electrons. The van der Waals surface area contributed by atoms with Crippen LogP contribution in [-0.2, 0) is 6.54 Å². The fourth-order valence-corrected chi connectivity index (χ4v) is 2.80. The van der Waals surface area contributed by atoms with Crippen molar-refractivity contribution in [2.75, 3.05) is 24.3 Å². The lowest BCUT2D eigenvalue weighted by Gasteiger charge is -2.15. The SMILES string of the molecule is CN(C)c1ncccc1C(=O)NCc1cccc(NC(=O)c2cccc(F)c2)c1. The molecule has 1 heterocycles. The number of halogens is 1. The molecular weight excluding hydrogens is 371 g/mol. The number of pyridine rings is 1. The number of carbonyl (C=O) groups is 2. The van der Waals surface area contributed by atoms with E-state index in [1.165, 1.54) is 18.2 Å². The third-order valence-electron chi connectivity index (χ3n) is 4.18. The highest BCUT2D eigenvalue weighted by molar-refractivity contribution is 6.04. The van der Waals surface area contributed by atoms with Crippen LogP contribution in [0.5, 0.6) is 0 Å². The Balaban J connectivity index is 1.66. The van der Waals surface area contributed by atoms with E-state index in [0.29, 0.717) is 17.1 Å². The van der Waals surface area contributed by atoms with E-state index in [9.17, 15) is 14.0 Å². The van der Waals surface area contributed by atoms with Crippen molar-refractivity contribution in [2.45, 2.75) is 6.54 Å². The minimum atomic E-state index is -0.471. The van der Waals surface area contributed by atoms with Crippen molar-refractivity contribution in [1.82, 2.24) is 10.3 Å². The van der Waals surface area contributed by atoms with Gasteiger partial charge in [-0.1, -0.05) is 18.2 Å². The molecule has 0 bridgehead atoms. The quantitative estimate of drug-likeness (QED) is 0.674. The summed E-state index contributed by atoms with van der Waals surface area (Å²) in [7, 11) is 3.65. The smallest absolute Gasteiger partial charge is 0.255 e. The molecule has 0 fully saturated rings. The summed E-state index contributed by atoms with van der Waals surface area (Å²) in [4.78, 5) is 30.8. The highest BCUT2D eigenvalue weighted by Crippen LogP contribution is 2.16. The topological polar surface area (TPSA) is 74.3 Å². The first-order valence-corrected chi connectivity index (χ1v) is 9.00. The minimum absolute atomic E-state index is 0.233. The van der Waals surface area contributed by atoms with E-state index in [-0.39, 0.29) is 18.0 Å². The molecule has 0 aliphatic carbocycles. The molecule has 2 amide bonds. The van der Waals surface area contributed by atoms with E-state index in [1.807, 2.05) is 20.2 Å². The first kappa shape index (κ1) is 20.0. The van der Waals surface area contributed by atoms with E-state index in [0.717, 1.165) is 5.56 Å². The molecule has 0 aliphatic heterocycles. The molecular formula is C22H21FN4O2. The zero-order chi connectivity index (χ0) is 20.8. The van der Waals surface area contributed by atoms with Gasteiger partial charge in [0, 0.05) is 38.1 Å². The maximum atomic E-state index is 13.3. The molecule has 0 spiro atoms. The van der Waals surface area contributed by atoms with Crippen molar-refractivity contribution in [3.8, 4) is 0 Å². The van der Waals surface area contributed by atoms with Gasteiger partial charge in [0.2, 0.25) is 0 Å². The van der Waals surface area contributed by atoms with Gasteiger partial charge in [0.1, 0.15) is 11.6 Å². The third kappa shape index (κ3) is 5.16. The van der Waals surface area contributed by atoms with E-state index in [2.05, 4.69) is 15.6 Å². The zero-order valence-corrected chi connectivity index (χ0v) is 16.1. The Morgan fingerprint density at radius 2 is 1.79 bits per heavy atom. The van der Waals surface area contributed by atoms with Crippen molar-refractivity contribution in [2.24, 2.45) is 0 Å². The first-order chi connectivity index (χ1) is 13.9. The van der Waals surface area contributed by atoms with Crippen LogP contribution in [0.15, 0.2) is 66.9 Å². The molecule has 0 saturated carbocycles. The summed E-state index contributed by atoms with van der Waals surface area (Å²) in [6.45, 7) is 0.282. The highest BCUT2D eigenvalue weighted by Gasteiger charge is 2.13. The van der Waals surface area contributed by atoms with Gasteiger partial charge in [0.25, 0.3) is 11.8 Å². The summed E-state index contributed by atoms with van der Waals surface area (Å²) in [5.74, 6) is -0.532. The zero-order valence-electron chi connectivity index (χ0n) is 16.1. The minimum Gasteiger partial charge on any atom is -0.362 e. The van der Waals surface area contributed by atoms with Gasteiger partial charge in [0.05, 0.1) is 5.56 Å². The van der Waals surface area contributed by atoms with Gasteiger partial charge < -0.3 is 15.5 Å². The van der Waals surface area contributed by atoms with Crippen molar-refractivity contribution < 1.29 is 14.0 Å². The van der Waals surface area contributed by atoms with E-state index in [4.69, 9.17) is 0 Å². The molecule has 6 nitrogen and oxygen atoms in total. The Hall–Kier alpha value is -3.74. The van der Waals surface area contributed by atoms with Crippen molar-refractivity contribution in [3.63, 3.8) is 0 Å². The number of hydrogen-bond acceptors (Lipinski definition) is 4. The van der Waals surface area contributed by atoms with Crippen molar-refractivity contribution in [1.29, 1.82) is 0 Å². The van der Waals surface area contributed by atoms with E-state index < -0.39 is 11.7 Å². The number of rotatable bonds is 6. The summed E-state index contributed by atoms with van der Waals surface area (Å²) in [6.07, 6.45) is 1.64. The molecule has 2 N–H and O–H groups in total. The van der Waals surface area contributed by atoms with E-state index >= 15 is 0 Å². The van der Waals surface area contributed by atoms with Gasteiger partial charge in [-0.05, 0) is 48.0 Å². The lowest BCUT2D eigenvalue weighted by molar-refractivity contribution is 0.0950. The van der Waals surface area contributed by atoms with Crippen molar-refractivity contribution >= 4 is 23.3 Å². The molecule has 0 aliphatic rings. The lowest BCUT2D eigenvalue weighted by atomic mass is 10.1. The molecule has 29 heavy (non-hydrogen) atoms. The molecule has 7 heteroatoms. The van der Waals surface area contributed by atoms with Crippen LogP contribution in [0.25, 0.3) is 0 Å². The maximum absolute atomic E-state index is 13.3. The number of carbonyl (C=O) groups excluding carboxylic acids is 2. The van der Waals surface area contributed by atoms with Gasteiger partial charge in [0.15, 0.2) is 0 Å². The van der Waals surface area contributed by atoms with Crippen LogP contribution in [0.1, 0.15) is 26.3 Å². The number of benzene rings is 2. The predicted molar refractivity (Wildman–Crippen MR) is 111 cm³/mol. The standard InChI is InChI=1S/C22H21FN4O2/c1-27(2)20-19(10-5-11-24-20)22(29)25-14-15-6-3-9-18(12-15)26-21(28)16-7-4-8-17(23)13-16/h3-13H,14H2,1-2H3,(H,25,29)(H,26,28). The fraction of sp³-hybridized carbons (Fsp3) is 0.136. The fourth-order valence-electron chi connectivity index (χ4n) is 2.80. The Morgan fingerprint density at radius 1 is 1.00 bits per heavy atom. The summed E-state index contributed by atoms with van der Waals surface area (Å²) >= 11 is 0. The molecule has 3 rings (SSSR count). The van der Waals surface area contributed by atoms with Crippen LogP contribution in [-0.4, -0.2) is 30.9 Å². The Bertz CT molecular complexity index is 1040. The normalized spacial score (nSPS) is 10.3. The van der Waals surface area contributed by atoms with Crippen LogP contribution >= 0.6 is 0 Å². The monoisotopic (exact) mass is 392 g/mol. The Morgan fingerprint density at radius 3 is 2.55 bits per heavy atom. The molecule has 0 atom stereocenters. The number of anilines is 2. The Kier molecular flexibility index (Phi) is 6.19. The Labute approximate surface area is 168 Å². The summed E-state index contributed by atoms with van der Waals surface area (Å²) in [5, 5.41) is 5.60. The molecule has 1 aromatic heterocycles. The van der Waals surface area contributed by atoms with Gasteiger partial charge >= 0.3 is 0 Å². The van der Waals surface area contributed by atoms with Gasteiger partial charge in [-0.15, -0.1) is 0 Å². The lowest BCUT2D eigenvalue weighted by Crippen LogP contribution is -2.26. The van der Waals surface area contributed by atoms with Gasteiger partial charge in [-0.2, -0.15) is 0 Å². The summed E-state index contributed by atoms with van der Waals surface area (Å²) < 4.78 is 13.3. The highest BCUT2D eigenvalue weighted by atomic mass is 19.1. The number of nitrogens with zero attached hydrogens (tertiary/aromatic N) is 2. The van der Waals surface area contributed by atoms with Crippen LogP contribution in [0.3, 0.4) is 0 Å². The number of hydrogen-bond donors (Lipinski definition) is 2.